The lowest BCUT2D eigenvalue weighted by molar-refractivity contribution is 0.0630. The Balaban J connectivity index is 1.59. The third-order valence-corrected chi connectivity index (χ3v) is 5.48. The van der Waals surface area contributed by atoms with Gasteiger partial charge in [-0.05, 0) is 50.1 Å². The third-order valence-electron chi connectivity index (χ3n) is 5.48. The van der Waals surface area contributed by atoms with Crippen LogP contribution in [0.25, 0.3) is 0 Å². The molecule has 1 saturated carbocycles. The average Bonchev–Trinajstić information content (AvgIpc) is 3.42. The van der Waals surface area contributed by atoms with Crippen LogP contribution in [0.15, 0.2) is 41.0 Å². The molecule has 2 aliphatic rings. The number of imide groups is 1. The molecule has 3 amide bonds. The summed E-state index contributed by atoms with van der Waals surface area (Å²) in [4.78, 5) is 41.4. The highest BCUT2D eigenvalue weighted by molar-refractivity contribution is 6.22. The van der Waals surface area contributed by atoms with Crippen molar-refractivity contribution >= 4 is 17.7 Å². The van der Waals surface area contributed by atoms with Gasteiger partial charge in [-0.3, -0.25) is 19.3 Å². The molecule has 2 aromatic rings. The van der Waals surface area contributed by atoms with Gasteiger partial charge in [0.2, 0.25) is 0 Å². The Morgan fingerprint density at radius 2 is 1.89 bits per heavy atom. The molecular weight excluding hydrogens is 344 g/mol. The second kappa shape index (κ2) is 7.02. The lowest BCUT2D eigenvalue weighted by Gasteiger charge is -2.27. The summed E-state index contributed by atoms with van der Waals surface area (Å²) in [6.07, 6.45) is 5.85. The van der Waals surface area contributed by atoms with Crippen LogP contribution < -0.4 is 0 Å². The highest BCUT2D eigenvalue weighted by Gasteiger charge is 2.37. The van der Waals surface area contributed by atoms with E-state index in [4.69, 9.17) is 4.42 Å². The summed E-state index contributed by atoms with van der Waals surface area (Å²) in [5.41, 5.74) is 1.09. The minimum absolute atomic E-state index is 0.0723. The zero-order valence-corrected chi connectivity index (χ0v) is 15.3. The number of benzene rings is 1. The molecule has 0 saturated heterocycles. The highest BCUT2D eigenvalue weighted by Crippen LogP contribution is 2.28. The van der Waals surface area contributed by atoms with Gasteiger partial charge >= 0.3 is 0 Å². The molecule has 0 spiro atoms. The first kappa shape index (κ1) is 17.5. The summed E-state index contributed by atoms with van der Waals surface area (Å²) in [5.74, 6) is -0.269. The quantitative estimate of drug-likeness (QED) is 0.760. The van der Waals surface area contributed by atoms with Gasteiger partial charge in [0, 0.05) is 18.2 Å². The van der Waals surface area contributed by atoms with Gasteiger partial charge in [0.05, 0.1) is 23.9 Å². The molecular formula is C21H22N2O4. The zero-order valence-electron chi connectivity index (χ0n) is 15.3. The number of fused-ring (bicyclic) bond motifs is 1. The Labute approximate surface area is 157 Å². The van der Waals surface area contributed by atoms with Crippen LogP contribution >= 0.6 is 0 Å². The normalized spacial score (nSPS) is 16.9. The average molecular weight is 366 g/mol. The minimum Gasteiger partial charge on any atom is -0.467 e. The van der Waals surface area contributed by atoms with E-state index in [-0.39, 0.29) is 30.3 Å². The van der Waals surface area contributed by atoms with Crippen LogP contribution in [-0.2, 0) is 6.54 Å². The lowest BCUT2D eigenvalue weighted by Crippen LogP contribution is -2.38. The van der Waals surface area contributed by atoms with Crippen LogP contribution in [0.5, 0.6) is 0 Å². The van der Waals surface area contributed by atoms with Gasteiger partial charge < -0.3 is 9.32 Å². The highest BCUT2D eigenvalue weighted by atomic mass is 16.3. The molecule has 0 radical (unpaired) electrons. The first-order chi connectivity index (χ1) is 13.1. The van der Waals surface area contributed by atoms with E-state index in [0.717, 1.165) is 30.6 Å². The number of furan rings is 1. The second-order valence-electron chi connectivity index (χ2n) is 7.07. The van der Waals surface area contributed by atoms with Crippen molar-refractivity contribution in [3.63, 3.8) is 0 Å². The molecule has 1 aliphatic heterocycles. The molecule has 27 heavy (non-hydrogen) atoms. The van der Waals surface area contributed by atoms with Gasteiger partial charge in [0.25, 0.3) is 17.7 Å². The van der Waals surface area contributed by atoms with Gasteiger partial charge in [-0.15, -0.1) is 0 Å². The first-order valence-corrected chi connectivity index (χ1v) is 9.43. The van der Waals surface area contributed by atoms with Crippen molar-refractivity contribution in [3.05, 3.63) is 59.0 Å². The maximum atomic E-state index is 13.0. The van der Waals surface area contributed by atoms with Gasteiger partial charge in [-0.2, -0.15) is 0 Å². The SMILES string of the molecule is CCN(C(=O)c1ccc2c(c1)C(=O)N(Cc1ccco1)C2=O)C1CCCC1. The van der Waals surface area contributed by atoms with Gasteiger partial charge in [0.1, 0.15) is 5.76 Å². The predicted molar refractivity (Wildman–Crippen MR) is 98.3 cm³/mol. The molecule has 0 atom stereocenters. The molecule has 6 heteroatoms. The number of amides is 3. The fourth-order valence-electron chi connectivity index (χ4n) is 4.08. The predicted octanol–water partition coefficient (Wildman–Crippen LogP) is 3.48. The second-order valence-corrected chi connectivity index (χ2v) is 7.07. The Morgan fingerprint density at radius 3 is 2.56 bits per heavy atom. The summed E-state index contributed by atoms with van der Waals surface area (Å²) < 4.78 is 5.25. The number of carbonyl (C=O) groups is 3. The molecule has 1 fully saturated rings. The number of hydrogen-bond acceptors (Lipinski definition) is 4. The molecule has 1 aromatic carbocycles. The van der Waals surface area contributed by atoms with E-state index in [1.807, 2.05) is 11.8 Å². The smallest absolute Gasteiger partial charge is 0.261 e. The molecule has 6 nitrogen and oxygen atoms in total. The number of nitrogens with zero attached hydrogens (tertiary/aromatic N) is 2. The van der Waals surface area contributed by atoms with E-state index in [1.165, 1.54) is 6.26 Å². The minimum atomic E-state index is -0.384. The molecule has 1 aromatic heterocycles. The Bertz CT molecular complexity index is 882. The van der Waals surface area contributed by atoms with Crippen molar-refractivity contribution in [1.82, 2.24) is 9.80 Å². The van der Waals surface area contributed by atoms with Gasteiger partial charge in [-0.25, -0.2) is 0 Å². The van der Waals surface area contributed by atoms with Gasteiger partial charge in [0.15, 0.2) is 0 Å². The standard InChI is InChI=1S/C21H22N2O4/c1-2-22(15-6-3-4-7-15)19(24)14-9-10-17-18(12-14)21(26)23(20(17)25)13-16-8-5-11-27-16/h5,8-12,15H,2-4,6-7,13H2,1H3. The summed E-state index contributed by atoms with van der Waals surface area (Å²) >= 11 is 0. The maximum absolute atomic E-state index is 13.0. The van der Waals surface area contributed by atoms with E-state index in [1.54, 1.807) is 30.3 Å². The van der Waals surface area contributed by atoms with E-state index < -0.39 is 0 Å². The van der Waals surface area contributed by atoms with Crippen LogP contribution in [-0.4, -0.2) is 40.1 Å². The van der Waals surface area contributed by atoms with Crippen molar-refractivity contribution in [2.24, 2.45) is 0 Å². The van der Waals surface area contributed by atoms with E-state index in [2.05, 4.69) is 0 Å². The van der Waals surface area contributed by atoms with Crippen molar-refractivity contribution in [1.29, 1.82) is 0 Å². The summed E-state index contributed by atoms with van der Waals surface area (Å²) in [5, 5.41) is 0. The van der Waals surface area contributed by atoms with Crippen molar-refractivity contribution in [2.75, 3.05) is 6.54 Å². The number of hydrogen-bond donors (Lipinski definition) is 0. The largest absolute Gasteiger partial charge is 0.467 e. The van der Waals surface area contributed by atoms with E-state index in [9.17, 15) is 14.4 Å². The Kier molecular flexibility index (Phi) is 4.56. The monoisotopic (exact) mass is 366 g/mol. The summed E-state index contributed by atoms with van der Waals surface area (Å²) in [6, 6.07) is 8.51. The van der Waals surface area contributed by atoms with Crippen LogP contribution in [0, 0.1) is 0 Å². The van der Waals surface area contributed by atoms with Crippen LogP contribution in [0.1, 0.15) is 69.4 Å². The van der Waals surface area contributed by atoms with Crippen LogP contribution in [0.4, 0.5) is 0 Å². The molecule has 0 N–H and O–H groups in total. The Morgan fingerprint density at radius 1 is 1.15 bits per heavy atom. The Hall–Kier alpha value is -2.89. The third kappa shape index (κ3) is 3.05. The molecule has 4 rings (SSSR count). The summed E-state index contributed by atoms with van der Waals surface area (Å²) in [6.45, 7) is 2.70. The molecule has 140 valence electrons. The number of rotatable bonds is 5. The molecule has 0 bridgehead atoms. The van der Waals surface area contributed by atoms with Crippen molar-refractivity contribution in [3.8, 4) is 0 Å². The van der Waals surface area contributed by atoms with Crippen LogP contribution in [0.2, 0.25) is 0 Å². The lowest BCUT2D eigenvalue weighted by atomic mass is 10.0. The maximum Gasteiger partial charge on any atom is 0.261 e. The fraction of sp³-hybridized carbons (Fsp3) is 0.381. The fourth-order valence-corrected chi connectivity index (χ4v) is 4.08. The molecule has 0 unspecified atom stereocenters. The van der Waals surface area contributed by atoms with Crippen LogP contribution in [0.3, 0.4) is 0 Å². The van der Waals surface area contributed by atoms with Gasteiger partial charge in [-0.1, -0.05) is 12.8 Å². The van der Waals surface area contributed by atoms with E-state index in [0.29, 0.717) is 29.0 Å². The first-order valence-electron chi connectivity index (χ1n) is 9.43. The number of carbonyl (C=O) groups excluding carboxylic acids is 3. The van der Waals surface area contributed by atoms with Crippen molar-refractivity contribution < 1.29 is 18.8 Å². The molecule has 2 heterocycles. The topological polar surface area (TPSA) is 70.8 Å². The van der Waals surface area contributed by atoms with Crippen molar-refractivity contribution in [2.45, 2.75) is 45.2 Å². The molecule has 1 aliphatic carbocycles. The van der Waals surface area contributed by atoms with E-state index >= 15 is 0 Å². The summed E-state index contributed by atoms with van der Waals surface area (Å²) in [7, 11) is 0. The zero-order chi connectivity index (χ0) is 19.0.